The van der Waals surface area contributed by atoms with Crippen LogP contribution in [0.2, 0.25) is 10.0 Å². The molecule has 0 radical (unpaired) electrons. The van der Waals surface area contributed by atoms with Gasteiger partial charge in [-0.05, 0) is 24.0 Å². The van der Waals surface area contributed by atoms with E-state index in [1.165, 1.54) is 11.3 Å². The summed E-state index contributed by atoms with van der Waals surface area (Å²) >= 11 is 15.2. The van der Waals surface area contributed by atoms with E-state index >= 15 is 0 Å². The fourth-order valence-corrected chi connectivity index (χ4v) is 4.54. The molecule has 0 fully saturated rings. The van der Waals surface area contributed by atoms with Crippen molar-refractivity contribution in [2.24, 2.45) is 0 Å². The molecular formula is C18H14Cl2N2OS2. The Labute approximate surface area is 164 Å². The largest absolute Gasteiger partial charge is 0.312 e. The molecule has 0 unspecified atom stereocenters. The van der Waals surface area contributed by atoms with E-state index in [2.05, 4.69) is 17.2 Å². The van der Waals surface area contributed by atoms with Gasteiger partial charge >= 0.3 is 0 Å². The molecule has 0 aliphatic carbocycles. The van der Waals surface area contributed by atoms with Crippen molar-refractivity contribution in [3.63, 3.8) is 0 Å². The number of thiazole rings is 1. The molecule has 0 aliphatic heterocycles. The van der Waals surface area contributed by atoms with Crippen LogP contribution in [0.3, 0.4) is 0 Å². The van der Waals surface area contributed by atoms with Crippen LogP contribution in [0.4, 0.5) is 5.00 Å². The molecule has 0 spiro atoms. The molecule has 2 aromatic carbocycles. The molecule has 1 aromatic heterocycles. The van der Waals surface area contributed by atoms with Gasteiger partial charge in [-0.1, -0.05) is 83.6 Å². The third-order valence-corrected chi connectivity index (χ3v) is 5.88. The summed E-state index contributed by atoms with van der Waals surface area (Å²) in [5.41, 5.74) is 2.05. The predicted octanol–water partition coefficient (Wildman–Crippen LogP) is 6.48. The Morgan fingerprint density at radius 2 is 1.96 bits per heavy atom. The van der Waals surface area contributed by atoms with E-state index in [0.717, 1.165) is 21.3 Å². The maximum atomic E-state index is 12.7. The zero-order chi connectivity index (χ0) is 17.8. The van der Waals surface area contributed by atoms with Crippen LogP contribution in [0, 0.1) is 0 Å². The van der Waals surface area contributed by atoms with Crippen molar-refractivity contribution in [3.8, 4) is 11.3 Å². The van der Waals surface area contributed by atoms with Gasteiger partial charge in [0.25, 0.3) is 5.91 Å². The Kier molecular flexibility index (Phi) is 6.02. The lowest BCUT2D eigenvalue weighted by atomic mass is 10.1. The molecule has 0 atom stereocenters. The summed E-state index contributed by atoms with van der Waals surface area (Å²) in [4.78, 5) is 17.3. The maximum absolute atomic E-state index is 12.7. The van der Waals surface area contributed by atoms with Gasteiger partial charge in [-0.3, -0.25) is 4.79 Å². The van der Waals surface area contributed by atoms with E-state index in [1.807, 2.05) is 30.3 Å². The Balaban J connectivity index is 1.96. The average molecular weight is 409 g/mol. The molecule has 0 saturated heterocycles. The van der Waals surface area contributed by atoms with Crippen LogP contribution >= 0.6 is 46.3 Å². The third-order valence-electron chi connectivity index (χ3n) is 3.32. The normalized spacial score (nSPS) is 10.7. The van der Waals surface area contributed by atoms with Crippen molar-refractivity contribution in [1.82, 2.24) is 4.98 Å². The summed E-state index contributed by atoms with van der Waals surface area (Å²) in [5, 5.41) is 4.45. The molecule has 1 N–H and O–H groups in total. The number of carbonyl (C=O) groups excluding carboxylic acids is 1. The molecule has 1 amide bonds. The number of nitrogens with zero attached hydrogens (tertiary/aromatic N) is 1. The molecule has 3 nitrogen and oxygen atoms in total. The molecule has 25 heavy (non-hydrogen) atoms. The van der Waals surface area contributed by atoms with Crippen LogP contribution in [0.25, 0.3) is 11.3 Å². The smallest absolute Gasteiger partial charge is 0.257 e. The van der Waals surface area contributed by atoms with Crippen LogP contribution in [-0.2, 0) is 0 Å². The molecule has 3 aromatic rings. The molecule has 3 rings (SSSR count). The summed E-state index contributed by atoms with van der Waals surface area (Å²) in [6.45, 7) is 2.07. The zero-order valence-electron chi connectivity index (χ0n) is 13.3. The molecule has 7 heteroatoms. The van der Waals surface area contributed by atoms with Crippen molar-refractivity contribution >= 4 is 57.2 Å². The van der Waals surface area contributed by atoms with Crippen LogP contribution in [0.5, 0.6) is 0 Å². The lowest BCUT2D eigenvalue weighted by Crippen LogP contribution is -2.12. The highest BCUT2D eigenvalue weighted by atomic mass is 35.5. The van der Waals surface area contributed by atoms with Gasteiger partial charge in [0.05, 0.1) is 10.6 Å². The second-order valence-corrected chi connectivity index (χ2v) is 8.39. The second-order valence-electron chi connectivity index (χ2n) is 5.03. The zero-order valence-corrected chi connectivity index (χ0v) is 16.4. The number of halogens is 2. The maximum Gasteiger partial charge on any atom is 0.257 e. The predicted molar refractivity (Wildman–Crippen MR) is 108 cm³/mol. The minimum Gasteiger partial charge on any atom is -0.312 e. The minimum absolute atomic E-state index is 0.304. The van der Waals surface area contributed by atoms with Gasteiger partial charge in [0, 0.05) is 10.6 Å². The number of carbonyl (C=O) groups is 1. The first-order chi connectivity index (χ1) is 12.1. The number of benzene rings is 2. The SMILES string of the molecule is CCSc1nc(-c2ccccc2)c(NC(=O)c2cc(Cl)ccc2Cl)s1. The highest BCUT2D eigenvalue weighted by Crippen LogP contribution is 2.38. The minimum atomic E-state index is -0.304. The number of nitrogens with one attached hydrogen (secondary N) is 1. The molecule has 0 aliphatic rings. The van der Waals surface area contributed by atoms with E-state index in [-0.39, 0.29) is 5.91 Å². The summed E-state index contributed by atoms with van der Waals surface area (Å²) in [7, 11) is 0. The van der Waals surface area contributed by atoms with Crippen molar-refractivity contribution in [3.05, 3.63) is 64.1 Å². The van der Waals surface area contributed by atoms with Crippen molar-refractivity contribution in [2.75, 3.05) is 11.1 Å². The van der Waals surface area contributed by atoms with Gasteiger partial charge < -0.3 is 5.32 Å². The summed E-state index contributed by atoms with van der Waals surface area (Å²) in [6, 6.07) is 14.6. The monoisotopic (exact) mass is 408 g/mol. The van der Waals surface area contributed by atoms with Crippen molar-refractivity contribution in [1.29, 1.82) is 0 Å². The summed E-state index contributed by atoms with van der Waals surface area (Å²) in [6.07, 6.45) is 0. The van der Waals surface area contributed by atoms with Crippen molar-refractivity contribution < 1.29 is 4.79 Å². The van der Waals surface area contributed by atoms with Gasteiger partial charge in [0.2, 0.25) is 0 Å². The fraction of sp³-hybridized carbons (Fsp3) is 0.111. The highest BCUT2D eigenvalue weighted by Gasteiger charge is 2.18. The number of anilines is 1. The van der Waals surface area contributed by atoms with Gasteiger partial charge in [0.1, 0.15) is 10.7 Å². The molecule has 0 bridgehead atoms. The van der Waals surface area contributed by atoms with E-state index < -0.39 is 0 Å². The van der Waals surface area contributed by atoms with Crippen LogP contribution in [-0.4, -0.2) is 16.6 Å². The van der Waals surface area contributed by atoms with Crippen molar-refractivity contribution in [2.45, 2.75) is 11.3 Å². The molecule has 1 heterocycles. The Morgan fingerprint density at radius 1 is 1.20 bits per heavy atom. The van der Waals surface area contributed by atoms with Gasteiger partial charge in [-0.2, -0.15) is 0 Å². The fourth-order valence-electron chi connectivity index (χ4n) is 2.20. The number of aromatic nitrogens is 1. The second kappa shape index (κ2) is 8.23. The van der Waals surface area contributed by atoms with Crippen LogP contribution < -0.4 is 5.32 Å². The summed E-state index contributed by atoms with van der Waals surface area (Å²) < 4.78 is 0.911. The highest BCUT2D eigenvalue weighted by molar-refractivity contribution is 8.01. The van der Waals surface area contributed by atoms with Crippen LogP contribution in [0.1, 0.15) is 17.3 Å². The molecular weight excluding hydrogens is 395 g/mol. The molecule has 0 saturated carbocycles. The first-order valence-electron chi connectivity index (χ1n) is 7.54. The first-order valence-corrected chi connectivity index (χ1v) is 10.1. The van der Waals surface area contributed by atoms with Crippen LogP contribution in [0.15, 0.2) is 52.9 Å². The Hall–Kier alpha value is -1.53. The Morgan fingerprint density at radius 3 is 2.68 bits per heavy atom. The first kappa shape index (κ1) is 18.3. The number of hydrogen-bond donors (Lipinski definition) is 1. The standard InChI is InChI=1S/C18H14Cl2N2OS2/c1-2-24-18-21-15(11-6-4-3-5-7-11)17(25-18)22-16(23)13-10-12(19)8-9-14(13)20/h3-10H,2H2,1H3,(H,22,23). The number of amides is 1. The van der Waals surface area contributed by atoms with Gasteiger partial charge in [-0.15, -0.1) is 0 Å². The topological polar surface area (TPSA) is 42.0 Å². The van der Waals surface area contributed by atoms with E-state index in [4.69, 9.17) is 23.2 Å². The van der Waals surface area contributed by atoms with E-state index in [9.17, 15) is 4.79 Å². The Bertz CT molecular complexity index is 897. The average Bonchev–Trinajstić information content (AvgIpc) is 3.00. The third kappa shape index (κ3) is 4.36. The quantitative estimate of drug-likeness (QED) is 0.491. The van der Waals surface area contributed by atoms with E-state index in [0.29, 0.717) is 20.6 Å². The van der Waals surface area contributed by atoms with E-state index in [1.54, 1.807) is 30.0 Å². The lowest BCUT2D eigenvalue weighted by Gasteiger charge is -2.07. The van der Waals surface area contributed by atoms with Gasteiger partial charge in [-0.25, -0.2) is 4.98 Å². The summed E-state index contributed by atoms with van der Waals surface area (Å²) in [5.74, 6) is 0.608. The van der Waals surface area contributed by atoms with Gasteiger partial charge in [0.15, 0.2) is 4.34 Å². The number of rotatable bonds is 5. The number of thioether (sulfide) groups is 1. The molecule has 128 valence electrons. The lowest BCUT2D eigenvalue weighted by molar-refractivity contribution is 0.102. The number of hydrogen-bond acceptors (Lipinski definition) is 4.